The molecule has 0 aromatic carbocycles. The van der Waals surface area contributed by atoms with E-state index in [4.69, 9.17) is 4.74 Å². The van der Waals surface area contributed by atoms with E-state index in [2.05, 4.69) is 15.0 Å². The van der Waals surface area contributed by atoms with E-state index in [1.807, 2.05) is 6.92 Å². The van der Waals surface area contributed by atoms with Crippen molar-refractivity contribution in [1.29, 1.82) is 0 Å². The van der Waals surface area contributed by atoms with E-state index >= 15 is 0 Å². The van der Waals surface area contributed by atoms with Crippen LogP contribution in [0.15, 0.2) is 23.4 Å². The Morgan fingerprint density at radius 2 is 2.25 bits per heavy atom. The molecule has 2 rings (SSSR count). The molecule has 0 atom stereocenters. The summed E-state index contributed by atoms with van der Waals surface area (Å²) >= 11 is 0. The van der Waals surface area contributed by atoms with Gasteiger partial charge in [0.2, 0.25) is 10.0 Å². The molecule has 112 valence electrons. The van der Waals surface area contributed by atoms with Crippen LogP contribution in [0.3, 0.4) is 0 Å². The molecule has 20 heavy (non-hydrogen) atoms. The van der Waals surface area contributed by atoms with E-state index in [0.717, 1.165) is 6.61 Å². The van der Waals surface area contributed by atoms with Crippen molar-refractivity contribution in [2.75, 3.05) is 31.6 Å². The number of pyridine rings is 1. The van der Waals surface area contributed by atoms with Gasteiger partial charge in [-0.1, -0.05) is 0 Å². The third-order valence-corrected chi connectivity index (χ3v) is 4.52. The van der Waals surface area contributed by atoms with Crippen LogP contribution in [0, 0.1) is 5.92 Å². The average Bonchev–Trinajstić information content (AvgIpc) is 3.23. The lowest BCUT2D eigenvalue weighted by atomic mass is 10.4. The number of anilines is 1. The summed E-state index contributed by atoms with van der Waals surface area (Å²) in [5.74, 6) is 0.685. The van der Waals surface area contributed by atoms with Crippen LogP contribution >= 0.6 is 0 Å². The second kappa shape index (κ2) is 7.01. The summed E-state index contributed by atoms with van der Waals surface area (Å²) in [6, 6.07) is 1.65. The highest BCUT2D eigenvalue weighted by Crippen LogP contribution is 2.28. The van der Waals surface area contributed by atoms with Crippen LogP contribution < -0.4 is 10.0 Å². The maximum Gasteiger partial charge on any atom is 0.244 e. The van der Waals surface area contributed by atoms with Crippen LogP contribution in [-0.4, -0.2) is 39.7 Å². The molecule has 1 aromatic rings. The van der Waals surface area contributed by atoms with Crippen LogP contribution in [0.4, 0.5) is 5.69 Å². The molecule has 1 saturated carbocycles. The normalized spacial score (nSPS) is 15.2. The van der Waals surface area contributed by atoms with Gasteiger partial charge in [-0.05, 0) is 31.7 Å². The quantitative estimate of drug-likeness (QED) is 0.670. The molecule has 1 aromatic heterocycles. The van der Waals surface area contributed by atoms with Gasteiger partial charge in [-0.25, -0.2) is 13.1 Å². The summed E-state index contributed by atoms with van der Waals surface area (Å²) in [6.45, 7) is 3.96. The number of nitrogens with one attached hydrogen (secondary N) is 2. The highest BCUT2D eigenvalue weighted by atomic mass is 32.2. The Hall–Kier alpha value is -1.18. The summed E-state index contributed by atoms with van der Waals surface area (Å²) in [5.41, 5.74) is 0.564. The lowest BCUT2D eigenvalue weighted by molar-refractivity contribution is 0.129. The molecule has 0 bridgehead atoms. The van der Waals surface area contributed by atoms with Gasteiger partial charge in [0, 0.05) is 32.1 Å². The monoisotopic (exact) mass is 299 g/mol. The fraction of sp³-hybridized carbons (Fsp3) is 0.615. The predicted molar refractivity (Wildman–Crippen MR) is 77.1 cm³/mol. The van der Waals surface area contributed by atoms with Crippen molar-refractivity contribution < 1.29 is 13.2 Å². The van der Waals surface area contributed by atoms with Crippen molar-refractivity contribution >= 4 is 15.7 Å². The number of hydrogen-bond acceptors (Lipinski definition) is 5. The summed E-state index contributed by atoms with van der Waals surface area (Å²) in [7, 11) is -3.55. The molecular weight excluding hydrogens is 278 g/mol. The van der Waals surface area contributed by atoms with E-state index in [1.165, 1.54) is 19.0 Å². The van der Waals surface area contributed by atoms with Gasteiger partial charge in [-0.15, -0.1) is 0 Å². The van der Waals surface area contributed by atoms with Crippen LogP contribution in [-0.2, 0) is 14.8 Å². The van der Waals surface area contributed by atoms with Gasteiger partial charge >= 0.3 is 0 Å². The minimum Gasteiger partial charge on any atom is -0.384 e. The molecule has 7 heteroatoms. The first kappa shape index (κ1) is 15.2. The topological polar surface area (TPSA) is 80.3 Å². The van der Waals surface area contributed by atoms with E-state index < -0.39 is 10.0 Å². The zero-order chi connectivity index (χ0) is 14.4. The second-order valence-corrected chi connectivity index (χ2v) is 6.55. The maximum absolute atomic E-state index is 12.2. The number of sulfonamides is 1. The largest absolute Gasteiger partial charge is 0.384 e. The van der Waals surface area contributed by atoms with E-state index in [9.17, 15) is 8.42 Å². The zero-order valence-electron chi connectivity index (χ0n) is 11.6. The predicted octanol–water partition coefficient (Wildman–Crippen LogP) is 1.22. The fourth-order valence-electron chi connectivity index (χ4n) is 1.79. The molecule has 2 N–H and O–H groups in total. The van der Waals surface area contributed by atoms with Gasteiger partial charge in [0.05, 0.1) is 12.3 Å². The number of hydrogen-bond donors (Lipinski definition) is 2. The van der Waals surface area contributed by atoms with E-state index in [0.29, 0.717) is 24.8 Å². The molecule has 1 heterocycles. The summed E-state index contributed by atoms with van der Waals surface area (Å²) in [6.07, 6.45) is 5.38. The molecule has 0 amide bonds. The van der Waals surface area contributed by atoms with E-state index in [-0.39, 0.29) is 11.4 Å². The molecule has 0 radical (unpaired) electrons. The Balaban J connectivity index is 1.87. The summed E-state index contributed by atoms with van der Waals surface area (Å²) < 4.78 is 32.3. The highest BCUT2D eigenvalue weighted by molar-refractivity contribution is 7.89. The third-order valence-electron chi connectivity index (χ3n) is 3.03. The number of aromatic nitrogens is 1. The molecule has 0 aliphatic heterocycles. The molecule has 1 fully saturated rings. The highest BCUT2D eigenvalue weighted by Gasteiger charge is 2.21. The third kappa shape index (κ3) is 4.43. The van der Waals surface area contributed by atoms with Crippen molar-refractivity contribution in [2.45, 2.75) is 24.7 Å². The van der Waals surface area contributed by atoms with Crippen molar-refractivity contribution in [1.82, 2.24) is 9.71 Å². The van der Waals surface area contributed by atoms with Crippen LogP contribution in [0.25, 0.3) is 0 Å². The van der Waals surface area contributed by atoms with Crippen molar-refractivity contribution in [3.05, 3.63) is 18.5 Å². The van der Waals surface area contributed by atoms with Gasteiger partial charge in [0.15, 0.2) is 0 Å². The number of ether oxygens (including phenoxy) is 1. The van der Waals surface area contributed by atoms with Gasteiger partial charge in [0.25, 0.3) is 0 Å². The lowest BCUT2D eigenvalue weighted by Gasteiger charge is -2.11. The molecule has 6 nitrogen and oxygen atoms in total. The molecule has 1 aliphatic rings. The Morgan fingerprint density at radius 1 is 1.45 bits per heavy atom. The second-order valence-electron chi connectivity index (χ2n) is 4.82. The van der Waals surface area contributed by atoms with Gasteiger partial charge < -0.3 is 10.1 Å². The SMILES string of the molecule is CCNc1ccncc1S(=O)(=O)NCCOCC1CC1. The lowest BCUT2D eigenvalue weighted by Crippen LogP contribution is -2.28. The Labute approximate surface area is 120 Å². The standard InChI is InChI=1S/C13H21N3O3S/c1-2-15-12-5-6-14-9-13(12)20(17,18)16-7-8-19-10-11-3-4-11/h5-6,9,11,16H,2-4,7-8,10H2,1H3,(H,14,15). The minimum atomic E-state index is -3.55. The smallest absolute Gasteiger partial charge is 0.244 e. The Morgan fingerprint density at radius 3 is 2.95 bits per heavy atom. The number of nitrogens with zero attached hydrogens (tertiary/aromatic N) is 1. The number of rotatable bonds is 9. The average molecular weight is 299 g/mol. The Bertz CT molecular complexity index is 529. The van der Waals surface area contributed by atoms with Gasteiger partial charge in [0.1, 0.15) is 4.90 Å². The summed E-state index contributed by atoms with van der Waals surface area (Å²) in [5, 5.41) is 3.02. The molecule has 0 saturated heterocycles. The molecule has 0 spiro atoms. The van der Waals surface area contributed by atoms with Crippen molar-refractivity contribution in [2.24, 2.45) is 5.92 Å². The fourth-order valence-corrected chi connectivity index (χ4v) is 2.93. The first-order valence-electron chi connectivity index (χ1n) is 6.88. The summed E-state index contributed by atoms with van der Waals surface area (Å²) in [4.78, 5) is 4.05. The first-order chi connectivity index (χ1) is 9.63. The zero-order valence-corrected chi connectivity index (χ0v) is 12.4. The molecule has 1 aliphatic carbocycles. The molecule has 0 unspecified atom stereocenters. The van der Waals surface area contributed by atoms with Crippen LogP contribution in [0.1, 0.15) is 19.8 Å². The van der Waals surface area contributed by atoms with Crippen LogP contribution in [0.5, 0.6) is 0 Å². The maximum atomic E-state index is 12.2. The van der Waals surface area contributed by atoms with Crippen molar-refractivity contribution in [3.63, 3.8) is 0 Å². The van der Waals surface area contributed by atoms with Gasteiger partial charge in [-0.3, -0.25) is 4.98 Å². The first-order valence-corrected chi connectivity index (χ1v) is 8.37. The minimum absolute atomic E-state index is 0.170. The Kier molecular flexibility index (Phi) is 5.33. The van der Waals surface area contributed by atoms with Crippen molar-refractivity contribution in [3.8, 4) is 0 Å². The van der Waals surface area contributed by atoms with Gasteiger partial charge in [-0.2, -0.15) is 0 Å². The molecular formula is C13H21N3O3S. The van der Waals surface area contributed by atoms with Crippen LogP contribution in [0.2, 0.25) is 0 Å². The van der Waals surface area contributed by atoms with E-state index in [1.54, 1.807) is 12.3 Å².